The first-order valence-electron chi connectivity index (χ1n) is 19.9. The highest BCUT2D eigenvalue weighted by Crippen LogP contribution is 2.47. The molecule has 1 aliphatic rings. The number of hydrogen-bond donors (Lipinski definition) is 2. The minimum atomic E-state index is -4.69. The van der Waals surface area contributed by atoms with Crippen LogP contribution in [0.3, 0.4) is 0 Å². The van der Waals surface area contributed by atoms with Gasteiger partial charge in [0.1, 0.15) is 42.5 Å². The van der Waals surface area contributed by atoms with E-state index in [2.05, 4.69) is 23.1 Å². The van der Waals surface area contributed by atoms with Gasteiger partial charge in [0.05, 0.1) is 37.1 Å². The fourth-order valence-corrected chi connectivity index (χ4v) is 7.55. The summed E-state index contributed by atoms with van der Waals surface area (Å²) in [5.41, 5.74) is 6.27. The zero-order valence-corrected chi connectivity index (χ0v) is 33.1. The fraction of sp³-hybridized carbons (Fsp3) is 0.650. The molecule has 4 atom stereocenters. The van der Waals surface area contributed by atoms with Crippen molar-refractivity contribution in [3.8, 4) is 12.1 Å². The van der Waals surface area contributed by atoms with Crippen molar-refractivity contribution >= 4 is 19.2 Å². The lowest BCUT2D eigenvalue weighted by Crippen LogP contribution is -2.32. The second-order valence-corrected chi connectivity index (χ2v) is 15.9. The van der Waals surface area contributed by atoms with E-state index in [1.807, 2.05) is 6.07 Å². The van der Waals surface area contributed by atoms with E-state index in [1.165, 1.54) is 95.5 Å². The number of ether oxygens (including phenoxy) is 3. The van der Waals surface area contributed by atoms with Gasteiger partial charge in [-0.2, -0.15) is 15.6 Å². The van der Waals surface area contributed by atoms with Gasteiger partial charge >= 0.3 is 7.82 Å². The number of unbranched alkanes of at least 4 members (excludes halogenated alkanes) is 14. The van der Waals surface area contributed by atoms with Gasteiger partial charge in [0.25, 0.3) is 0 Å². The number of aromatic nitrogens is 3. The van der Waals surface area contributed by atoms with E-state index < -0.39 is 38.1 Å². The third-order valence-corrected chi connectivity index (χ3v) is 10.8. The lowest BCUT2D eigenvalue weighted by Gasteiger charge is -2.24. The second kappa shape index (κ2) is 23.6. The summed E-state index contributed by atoms with van der Waals surface area (Å²) in [6.45, 7) is 1.79. The Bertz CT molecular complexity index is 1730. The third kappa shape index (κ3) is 15.2. The number of nitrogen functional groups attached to an aromatic ring is 1. The number of nitriles is 2. The molecule has 4 rings (SSSR count). The summed E-state index contributed by atoms with van der Waals surface area (Å²) in [6.07, 6.45) is 19.5. The maximum atomic E-state index is 14.0. The Balaban J connectivity index is 1.18. The number of phosphoric ester groups is 1. The highest BCUT2D eigenvalue weighted by atomic mass is 31.2. The molecule has 0 amide bonds. The van der Waals surface area contributed by atoms with Crippen LogP contribution in [0.2, 0.25) is 0 Å². The topological polar surface area (TPSA) is 187 Å². The third-order valence-electron chi connectivity index (χ3n) is 9.88. The second-order valence-electron chi connectivity index (χ2n) is 14.4. The van der Waals surface area contributed by atoms with E-state index in [0.717, 1.165) is 25.3 Å². The van der Waals surface area contributed by atoms with Crippen LogP contribution in [0.4, 0.5) is 10.2 Å². The molecule has 0 bridgehead atoms. The molecule has 1 aliphatic heterocycles. The van der Waals surface area contributed by atoms with Crippen molar-refractivity contribution in [3.63, 3.8) is 0 Å². The molecule has 0 radical (unpaired) electrons. The summed E-state index contributed by atoms with van der Waals surface area (Å²) in [7, 11) is -4.69. The normalized spacial score (nSPS) is 18.6. The van der Waals surface area contributed by atoms with Crippen molar-refractivity contribution in [2.45, 2.75) is 140 Å². The Hall–Kier alpha value is -3.46. The number of halogens is 1. The lowest BCUT2D eigenvalue weighted by molar-refractivity contribution is -0.0590. The molecule has 1 aromatic carbocycles. The largest absolute Gasteiger partial charge is 0.472 e. The molecule has 3 aromatic rings. The molecule has 3 N–H and O–H groups in total. The molecule has 0 spiro atoms. The quantitative estimate of drug-likeness (QED) is 0.0526. The Morgan fingerprint density at radius 3 is 2.33 bits per heavy atom. The van der Waals surface area contributed by atoms with Crippen molar-refractivity contribution < 1.29 is 37.1 Å². The number of rotatable bonds is 28. The molecule has 1 fully saturated rings. The van der Waals surface area contributed by atoms with E-state index in [1.54, 1.807) is 16.6 Å². The van der Waals surface area contributed by atoms with Crippen LogP contribution >= 0.6 is 7.82 Å². The highest BCUT2D eigenvalue weighted by Gasteiger charge is 2.44. The zero-order valence-electron chi connectivity index (χ0n) is 32.2. The number of phosphoric acid groups is 1. The fourth-order valence-electron chi connectivity index (χ4n) is 6.75. The molecule has 1 saturated heterocycles. The summed E-state index contributed by atoms with van der Waals surface area (Å²) < 4.78 is 57.1. The predicted molar refractivity (Wildman–Crippen MR) is 206 cm³/mol. The smallest absolute Gasteiger partial charge is 0.382 e. The number of fused-ring (bicyclic) bond motifs is 1. The maximum absolute atomic E-state index is 14.0. The van der Waals surface area contributed by atoms with Crippen LogP contribution in [0.5, 0.6) is 0 Å². The Morgan fingerprint density at radius 1 is 1.00 bits per heavy atom. The highest BCUT2D eigenvalue weighted by molar-refractivity contribution is 7.47. The van der Waals surface area contributed by atoms with Crippen LogP contribution in [0, 0.1) is 28.5 Å². The van der Waals surface area contributed by atoms with E-state index in [0.29, 0.717) is 35.6 Å². The van der Waals surface area contributed by atoms with Gasteiger partial charge in [-0.15, -0.1) is 0 Å². The first-order valence-corrected chi connectivity index (χ1v) is 21.3. The van der Waals surface area contributed by atoms with Gasteiger partial charge < -0.3 is 24.8 Å². The predicted octanol–water partition coefficient (Wildman–Crippen LogP) is 9.04. The van der Waals surface area contributed by atoms with Crippen LogP contribution in [0.1, 0.15) is 139 Å². The van der Waals surface area contributed by atoms with Crippen LogP contribution in [0.25, 0.3) is 5.52 Å². The zero-order chi connectivity index (χ0) is 39.4. The van der Waals surface area contributed by atoms with Crippen LogP contribution in [-0.4, -0.2) is 57.6 Å². The van der Waals surface area contributed by atoms with Crippen LogP contribution in [-0.2, 0) is 34.4 Å². The van der Waals surface area contributed by atoms with Gasteiger partial charge in [-0.1, -0.05) is 96.8 Å². The molecule has 15 heteroatoms. The molecule has 55 heavy (non-hydrogen) atoms. The molecule has 0 aliphatic carbocycles. The molecular weight excluding hydrogens is 726 g/mol. The number of benzene rings is 1. The summed E-state index contributed by atoms with van der Waals surface area (Å²) >= 11 is 0. The van der Waals surface area contributed by atoms with E-state index in [-0.39, 0.29) is 31.8 Å². The monoisotopic (exact) mass is 784 g/mol. The molecule has 2 aromatic heterocycles. The SMILES string of the molecule is CCCCCCCCCCCCCCCCCOC[C@H](COP(=O)(O)OC[C@]1(C#N)CC[C@H](c2ccc3c(N)ncnn23)O1)OCc1cc(F)cc(C#N)c1. The molecule has 0 saturated carbocycles. The van der Waals surface area contributed by atoms with Gasteiger partial charge in [-0.3, -0.25) is 9.05 Å². The van der Waals surface area contributed by atoms with E-state index in [9.17, 15) is 24.4 Å². The molecule has 302 valence electrons. The van der Waals surface area contributed by atoms with Gasteiger partial charge in [0.15, 0.2) is 11.4 Å². The molecular formula is C40H58FN6O7P. The van der Waals surface area contributed by atoms with Gasteiger partial charge in [0.2, 0.25) is 0 Å². The molecule has 3 heterocycles. The Kier molecular flexibility index (Phi) is 19.0. The Labute approximate surface area is 324 Å². The van der Waals surface area contributed by atoms with Gasteiger partial charge in [0, 0.05) is 6.61 Å². The molecule has 1 unspecified atom stereocenters. The van der Waals surface area contributed by atoms with Crippen molar-refractivity contribution in [1.29, 1.82) is 10.5 Å². The van der Waals surface area contributed by atoms with Crippen LogP contribution < -0.4 is 5.73 Å². The van der Waals surface area contributed by atoms with Crippen molar-refractivity contribution in [3.05, 3.63) is 59.3 Å². The number of hydrogen-bond acceptors (Lipinski definition) is 11. The minimum absolute atomic E-state index is 0.0469. The average Bonchev–Trinajstić information content (AvgIpc) is 3.82. The van der Waals surface area contributed by atoms with Crippen molar-refractivity contribution in [2.75, 3.05) is 32.2 Å². The van der Waals surface area contributed by atoms with Crippen LogP contribution in [0.15, 0.2) is 36.7 Å². The summed E-state index contributed by atoms with van der Waals surface area (Å²) in [5.74, 6) is -0.276. The first kappa shape index (κ1) is 44.3. The number of anilines is 1. The van der Waals surface area contributed by atoms with Crippen molar-refractivity contribution in [2.24, 2.45) is 0 Å². The maximum Gasteiger partial charge on any atom is 0.472 e. The lowest BCUT2D eigenvalue weighted by atomic mass is 10.0. The number of nitrogens with zero attached hydrogens (tertiary/aromatic N) is 5. The number of nitrogens with two attached hydrogens (primary N) is 1. The van der Waals surface area contributed by atoms with E-state index >= 15 is 0 Å². The summed E-state index contributed by atoms with van der Waals surface area (Å²) in [5, 5.41) is 23.5. The summed E-state index contributed by atoms with van der Waals surface area (Å²) in [4.78, 5) is 14.6. The minimum Gasteiger partial charge on any atom is -0.382 e. The molecule has 13 nitrogen and oxygen atoms in total. The standard InChI is InChI=1S/C40H58FN6O7P/c1-2-3-4-5-6-7-8-9-10-11-12-13-14-15-16-21-50-27-35(51-26-33-22-32(25-42)23-34(41)24-33)28-52-55(48,49)53-30-40(29-43)20-19-38(54-40)36-17-18-37-39(44)45-31-46-47(36)37/h17-18,22-24,31,35,38H,2-16,19-21,26-28,30H2,1H3,(H,48,49)(H2,44,45,46)/t35-,38-,40-/m1/s1. The Morgan fingerprint density at radius 2 is 1.67 bits per heavy atom. The van der Waals surface area contributed by atoms with Gasteiger partial charge in [-0.25, -0.2) is 18.5 Å². The van der Waals surface area contributed by atoms with Gasteiger partial charge in [-0.05, 0) is 55.2 Å². The van der Waals surface area contributed by atoms with Crippen molar-refractivity contribution in [1.82, 2.24) is 14.6 Å². The first-order chi connectivity index (χ1) is 26.7. The average molecular weight is 785 g/mol. The van der Waals surface area contributed by atoms with E-state index in [4.69, 9.17) is 29.0 Å². The summed E-state index contributed by atoms with van der Waals surface area (Å²) in [6, 6.07) is 11.4.